The predicted molar refractivity (Wildman–Crippen MR) is 127 cm³/mol. The van der Waals surface area contributed by atoms with E-state index < -0.39 is 0 Å². The third-order valence-corrected chi connectivity index (χ3v) is 6.37. The second-order valence-electron chi connectivity index (χ2n) is 7.74. The quantitative estimate of drug-likeness (QED) is 0.477. The van der Waals surface area contributed by atoms with Crippen molar-refractivity contribution < 1.29 is 9.53 Å². The normalized spacial score (nSPS) is 14.6. The minimum absolute atomic E-state index is 0.0689. The van der Waals surface area contributed by atoms with Gasteiger partial charge in [-0.1, -0.05) is 40.9 Å². The molecular weight excluding hydrogens is 471 g/mol. The van der Waals surface area contributed by atoms with E-state index in [1.165, 1.54) is 0 Å². The second kappa shape index (κ2) is 10.1. The predicted octanol–water partition coefficient (Wildman–Crippen LogP) is 5.15. The lowest BCUT2D eigenvalue weighted by atomic mass is 10.2. The van der Waals surface area contributed by atoms with E-state index in [1.807, 2.05) is 42.2 Å². The van der Waals surface area contributed by atoms with Gasteiger partial charge in [0, 0.05) is 43.9 Å². The lowest BCUT2D eigenvalue weighted by Gasteiger charge is -2.34. The molecule has 4 rings (SSSR count). The zero-order valence-electron chi connectivity index (χ0n) is 17.6. The zero-order valence-corrected chi connectivity index (χ0v) is 19.9. The van der Waals surface area contributed by atoms with Crippen LogP contribution < -0.4 is 4.74 Å². The molecule has 9 heteroatoms. The Morgan fingerprint density at radius 1 is 1.00 bits per heavy atom. The number of hydrogen-bond acceptors (Lipinski definition) is 4. The molecule has 0 atom stereocenters. The standard InChI is InChI=1S/C23H23Cl3N4O2/c1-16-12-18(24)3-5-22(16)32-15-30-7-6-21(27-30)23(31)29-10-8-28(9-11-29)14-17-2-4-19(25)20(26)13-17/h2-7,12-13H,8-11,14-15H2,1H3. The van der Waals surface area contributed by atoms with Gasteiger partial charge in [0.15, 0.2) is 12.4 Å². The minimum Gasteiger partial charge on any atom is -0.471 e. The van der Waals surface area contributed by atoms with Crippen LogP contribution in [0.4, 0.5) is 0 Å². The maximum Gasteiger partial charge on any atom is 0.274 e. The van der Waals surface area contributed by atoms with Crippen LogP contribution in [0.3, 0.4) is 0 Å². The summed E-state index contributed by atoms with van der Waals surface area (Å²) in [5.41, 5.74) is 2.47. The number of rotatable bonds is 6. The number of benzene rings is 2. The van der Waals surface area contributed by atoms with Crippen molar-refractivity contribution in [3.8, 4) is 5.75 Å². The van der Waals surface area contributed by atoms with E-state index in [0.717, 1.165) is 36.5 Å². The Hall–Kier alpha value is -2.25. The first-order valence-electron chi connectivity index (χ1n) is 10.3. The van der Waals surface area contributed by atoms with Gasteiger partial charge in [0.05, 0.1) is 10.0 Å². The van der Waals surface area contributed by atoms with Crippen molar-refractivity contribution in [2.45, 2.75) is 20.2 Å². The molecule has 1 amide bonds. The lowest BCUT2D eigenvalue weighted by molar-refractivity contribution is 0.0621. The van der Waals surface area contributed by atoms with E-state index in [-0.39, 0.29) is 12.6 Å². The van der Waals surface area contributed by atoms with Crippen LogP contribution >= 0.6 is 34.8 Å². The van der Waals surface area contributed by atoms with Gasteiger partial charge in [0.2, 0.25) is 0 Å². The summed E-state index contributed by atoms with van der Waals surface area (Å²) in [6.45, 7) is 5.78. The Morgan fingerprint density at radius 3 is 2.50 bits per heavy atom. The molecule has 1 saturated heterocycles. The van der Waals surface area contributed by atoms with Crippen LogP contribution in [0.1, 0.15) is 21.6 Å². The van der Waals surface area contributed by atoms with Gasteiger partial charge in [-0.2, -0.15) is 5.10 Å². The van der Waals surface area contributed by atoms with Crippen LogP contribution in [0.15, 0.2) is 48.7 Å². The van der Waals surface area contributed by atoms with Gasteiger partial charge < -0.3 is 9.64 Å². The molecule has 1 aromatic heterocycles. The number of amides is 1. The summed E-state index contributed by atoms with van der Waals surface area (Å²) in [4.78, 5) is 17.0. The molecule has 2 aromatic carbocycles. The van der Waals surface area contributed by atoms with Crippen molar-refractivity contribution in [2.24, 2.45) is 0 Å². The Labute approximate surface area is 202 Å². The van der Waals surface area contributed by atoms with Crippen LogP contribution in [0.25, 0.3) is 0 Å². The number of hydrogen-bond donors (Lipinski definition) is 0. The van der Waals surface area contributed by atoms with Crippen LogP contribution in [0, 0.1) is 6.92 Å². The summed E-state index contributed by atoms with van der Waals surface area (Å²) < 4.78 is 7.41. The average molecular weight is 494 g/mol. The fourth-order valence-corrected chi connectivity index (χ4v) is 4.17. The fourth-order valence-electron chi connectivity index (χ4n) is 3.63. The van der Waals surface area contributed by atoms with E-state index in [0.29, 0.717) is 33.9 Å². The molecule has 3 aromatic rings. The molecule has 0 radical (unpaired) electrons. The fraction of sp³-hybridized carbons (Fsp3) is 0.304. The van der Waals surface area contributed by atoms with Gasteiger partial charge in [-0.25, -0.2) is 4.68 Å². The first-order valence-corrected chi connectivity index (χ1v) is 11.4. The van der Waals surface area contributed by atoms with Crippen molar-refractivity contribution in [2.75, 3.05) is 26.2 Å². The lowest BCUT2D eigenvalue weighted by Crippen LogP contribution is -2.48. The second-order valence-corrected chi connectivity index (χ2v) is 8.99. The summed E-state index contributed by atoms with van der Waals surface area (Å²) in [5.74, 6) is 0.663. The monoisotopic (exact) mass is 492 g/mol. The molecule has 6 nitrogen and oxygen atoms in total. The van der Waals surface area contributed by atoms with Gasteiger partial charge >= 0.3 is 0 Å². The smallest absolute Gasteiger partial charge is 0.274 e. The van der Waals surface area contributed by atoms with E-state index in [1.54, 1.807) is 23.0 Å². The van der Waals surface area contributed by atoms with Crippen molar-refractivity contribution in [1.29, 1.82) is 0 Å². The van der Waals surface area contributed by atoms with E-state index >= 15 is 0 Å². The number of aryl methyl sites for hydroxylation is 1. The minimum atomic E-state index is -0.0689. The molecule has 0 saturated carbocycles. The maximum atomic E-state index is 12.9. The summed E-state index contributed by atoms with van der Waals surface area (Å²) in [7, 11) is 0. The van der Waals surface area contributed by atoms with Crippen molar-refractivity contribution in [3.63, 3.8) is 0 Å². The topological polar surface area (TPSA) is 50.6 Å². The van der Waals surface area contributed by atoms with Crippen molar-refractivity contribution in [1.82, 2.24) is 19.6 Å². The molecule has 1 aliphatic rings. The van der Waals surface area contributed by atoms with E-state index in [9.17, 15) is 4.79 Å². The van der Waals surface area contributed by atoms with Crippen LogP contribution in [-0.4, -0.2) is 51.7 Å². The number of halogens is 3. The van der Waals surface area contributed by atoms with Crippen LogP contribution in [0.2, 0.25) is 15.1 Å². The first kappa shape index (κ1) is 22.9. The Balaban J connectivity index is 1.28. The van der Waals surface area contributed by atoms with Crippen molar-refractivity contribution >= 4 is 40.7 Å². The number of carbonyl (C=O) groups is 1. The van der Waals surface area contributed by atoms with Crippen LogP contribution in [0.5, 0.6) is 5.75 Å². The highest BCUT2D eigenvalue weighted by Crippen LogP contribution is 2.24. The molecule has 1 fully saturated rings. The highest BCUT2D eigenvalue weighted by molar-refractivity contribution is 6.42. The first-order chi connectivity index (χ1) is 15.4. The summed E-state index contributed by atoms with van der Waals surface area (Å²) >= 11 is 18.1. The molecule has 0 N–H and O–H groups in total. The van der Waals surface area contributed by atoms with E-state index in [4.69, 9.17) is 39.5 Å². The number of aromatic nitrogens is 2. The Kier molecular flexibility index (Phi) is 7.26. The molecule has 2 heterocycles. The van der Waals surface area contributed by atoms with Gasteiger partial charge in [0.25, 0.3) is 5.91 Å². The highest BCUT2D eigenvalue weighted by Gasteiger charge is 2.24. The molecule has 0 bridgehead atoms. The van der Waals surface area contributed by atoms with Gasteiger partial charge in [-0.3, -0.25) is 9.69 Å². The SMILES string of the molecule is Cc1cc(Cl)ccc1OCn1ccc(C(=O)N2CCN(Cc3ccc(Cl)c(Cl)c3)CC2)n1. The molecular formula is C23H23Cl3N4O2. The third kappa shape index (κ3) is 5.56. The molecule has 0 spiro atoms. The highest BCUT2D eigenvalue weighted by atomic mass is 35.5. The number of ether oxygens (including phenoxy) is 1. The van der Waals surface area contributed by atoms with Gasteiger partial charge in [-0.15, -0.1) is 0 Å². The van der Waals surface area contributed by atoms with Gasteiger partial charge in [0.1, 0.15) is 5.75 Å². The summed E-state index contributed by atoms with van der Waals surface area (Å²) in [6.07, 6.45) is 1.75. The van der Waals surface area contributed by atoms with Crippen LogP contribution in [-0.2, 0) is 13.3 Å². The Morgan fingerprint density at radius 2 is 1.78 bits per heavy atom. The average Bonchev–Trinajstić information content (AvgIpc) is 3.25. The largest absolute Gasteiger partial charge is 0.471 e. The van der Waals surface area contributed by atoms with Gasteiger partial charge in [-0.05, 0) is 54.4 Å². The number of piperazine rings is 1. The summed E-state index contributed by atoms with van der Waals surface area (Å²) in [5, 5.41) is 6.17. The molecule has 168 valence electrons. The molecule has 32 heavy (non-hydrogen) atoms. The number of carbonyl (C=O) groups excluding carboxylic acids is 1. The maximum absolute atomic E-state index is 12.9. The number of nitrogens with zero attached hydrogens (tertiary/aromatic N) is 4. The molecule has 1 aliphatic heterocycles. The molecule has 0 unspecified atom stereocenters. The summed E-state index contributed by atoms with van der Waals surface area (Å²) in [6, 6.07) is 12.9. The van der Waals surface area contributed by atoms with Crippen molar-refractivity contribution in [3.05, 3.63) is 80.6 Å². The molecule has 0 aliphatic carbocycles. The Bertz CT molecular complexity index is 1110. The third-order valence-electron chi connectivity index (χ3n) is 5.40. The van der Waals surface area contributed by atoms with E-state index in [2.05, 4.69) is 10.00 Å². The zero-order chi connectivity index (χ0) is 22.7.